The van der Waals surface area contributed by atoms with Gasteiger partial charge in [0, 0.05) is 37.4 Å². The topological polar surface area (TPSA) is 45.5 Å². The fraction of sp³-hybridized carbons (Fsp3) is 0.333. The minimum atomic E-state index is 0.715. The molecule has 1 N–H and O–H groups in total. The molecule has 108 valence electrons. The van der Waals surface area contributed by atoms with Crippen molar-refractivity contribution in [1.82, 2.24) is 19.7 Å². The second-order valence-corrected chi connectivity index (χ2v) is 5.82. The number of halogens is 1. The van der Waals surface area contributed by atoms with Gasteiger partial charge in [0.15, 0.2) is 11.5 Å². The molecule has 0 unspecified atom stereocenters. The summed E-state index contributed by atoms with van der Waals surface area (Å²) in [6.45, 7) is 5.87. The van der Waals surface area contributed by atoms with E-state index >= 15 is 0 Å². The van der Waals surface area contributed by atoms with Crippen molar-refractivity contribution in [1.29, 1.82) is 0 Å². The van der Waals surface area contributed by atoms with Crippen LogP contribution in [0, 0.1) is 6.92 Å². The van der Waals surface area contributed by atoms with Crippen LogP contribution in [0.5, 0.6) is 0 Å². The van der Waals surface area contributed by atoms with E-state index in [4.69, 9.17) is 16.6 Å². The molecule has 2 aromatic heterocycles. The van der Waals surface area contributed by atoms with Crippen molar-refractivity contribution in [3.05, 3.63) is 35.1 Å². The van der Waals surface area contributed by atoms with E-state index < -0.39 is 0 Å². The highest BCUT2D eigenvalue weighted by Crippen LogP contribution is 2.26. The molecule has 1 saturated heterocycles. The van der Waals surface area contributed by atoms with Crippen LogP contribution in [-0.2, 0) is 0 Å². The van der Waals surface area contributed by atoms with E-state index in [0.29, 0.717) is 5.02 Å². The lowest BCUT2D eigenvalue weighted by molar-refractivity contribution is 0.586. The first kappa shape index (κ1) is 12.9. The van der Waals surface area contributed by atoms with Gasteiger partial charge in [-0.2, -0.15) is 0 Å². The molecule has 3 heterocycles. The van der Waals surface area contributed by atoms with Crippen LogP contribution in [0.1, 0.15) is 5.69 Å². The summed E-state index contributed by atoms with van der Waals surface area (Å²) < 4.78 is 2.10. The Labute approximate surface area is 127 Å². The van der Waals surface area contributed by atoms with Gasteiger partial charge in [0.25, 0.3) is 0 Å². The van der Waals surface area contributed by atoms with E-state index in [1.54, 1.807) is 0 Å². The largest absolute Gasteiger partial charge is 0.351 e. The fourth-order valence-corrected chi connectivity index (χ4v) is 3.04. The van der Waals surface area contributed by atoms with Crippen molar-refractivity contribution >= 4 is 34.1 Å². The summed E-state index contributed by atoms with van der Waals surface area (Å²) in [4.78, 5) is 11.8. The normalized spacial score (nSPS) is 16.0. The van der Waals surface area contributed by atoms with Crippen molar-refractivity contribution in [2.24, 2.45) is 0 Å². The van der Waals surface area contributed by atoms with Crippen LogP contribution in [0.2, 0.25) is 5.02 Å². The van der Waals surface area contributed by atoms with Crippen molar-refractivity contribution < 1.29 is 0 Å². The second-order valence-electron chi connectivity index (χ2n) is 5.38. The number of piperazine rings is 1. The smallest absolute Gasteiger partial charge is 0.181 e. The molecule has 1 aliphatic rings. The molecule has 4 rings (SSSR count). The maximum atomic E-state index is 6.13. The van der Waals surface area contributed by atoms with Crippen LogP contribution in [0.25, 0.3) is 16.7 Å². The third-order valence-corrected chi connectivity index (χ3v) is 4.10. The number of aromatic nitrogens is 3. The predicted octanol–water partition coefficient (Wildman–Crippen LogP) is 2.25. The molecule has 1 aromatic carbocycles. The van der Waals surface area contributed by atoms with Crippen LogP contribution < -0.4 is 10.2 Å². The molecule has 1 aliphatic heterocycles. The van der Waals surface area contributed by atoms with Crippen LogP contribution >= 0.6 is 11.6 Å². The van der Waals surface area contributed by atoms with Gasteiger partial charge in [-0.1, -0.05) is 11.6 Å². The number of rotatable bonds is 1. The van der Waals surface area contributed by atoms with E-state index in [2.05, 4.69) is 19.6 Å². The van der Waals surface area contributed by atoms with E-state index in [1.165, 1.54) is 0 Å². The molecule has 0 atom stereocenters. The zero-order valence-corrected chi connectivity index (χ0v) is 12.6. The molecule has 0 saturated carbocycles. The lowest BCUT2D eigenvalue weighted by atomic mass is 10.3. The van der Waals surface area contributed by atoms with E-state index in [1.807, 2.05) is 31.3 Å². The number of hydrogen-bond acceptors (Lipinski definition) is 4. The molecule has 3 aromatic rings. The number of anilines is 1. The molecule has 0 radical (unpaired) electrons. The van der Waals surface area contributed by atoms with Crippen molar-refractivity contribution in [2.75, 3.05) is 31.1 Å². The van der Waals surface area contributed by atoms with Gasteiger partial charge in [0.1, 0.15) is 0 Å². The van der Waals surface area contributed by atoms with Gasteiger partial charge >= 0.3 is 0 Å². The van der Waals surface area contributed by atoms with Crippen LogP contribution in [0.15, 0.2) is 24.4 Å². The van der Waals surface area contributed by atoms with Gasteiger partial charge in [-0.15, -0.1) is 0 Å². The lowest BCUT2D eigenvalue weighted by Crippen LogP contribution is -2.44. The maximum absolute atomic E-state index is 6.13. The molecule has 0 spiro atoms. The molecule has 21 heavy (non-hydrogen) atoms. The molecule has 1 fully saturated rings. The molecule has 0 amide bonds. The molecule has 0 bridgehead atoms. The average molecular weight is 302 g/mol. The number of nitrogens with one attached hydrogen (secondary N) is 1. The summed E-state index contributed by atoms with van der Waals surface area (Å²) in [6.07, 6.45) is 2.04. The van der Waals surface area contributed by atoms with E-state index in [0.717, 1.165) is 54.4 Å². The average Bonchev–Trinajstić information content (AvgIpc) is 2.89. The number of imidazole rings is 1. The van der Waals surface area contributed by atoms with Gasteiger partial charge in [-0.05, 0) is 25.1 Å². The highest BCUT2D eigenvalue weighted by Gasteiger charge is 2.18. The first-order valence-corrected chi connectivity index (χ1v) is 7.51. The third-order valence-electron chi connectivity index (χ3n) is 3.87. The molecule has 6 heteroatoms. The molecular weight excluding hydrogens is 286 g/mol. The summed E-state index contributed by atoms with van der Waals surface area (Å²) in [6, 6.07) is 5.80. The zero-order valence-electron chi connectivity index (χ0n) is 11.8. The monoisotopic (exact) mass is 301 g/mol. The lowest BCUT2D eigenvalue weighted by Gasteiger charge is -2.28. The van der Waals surface area contributed by atoms with Gasteiger partial charge in [-0.3, -0.25) is 4.40 Å². The first-order chi connectivity index (χ1) is 10.2. The number of aryl methyl sites for hydroxylation is 1. The Morgan fingerprint density at radius 3 is 2.81 bits per heavy atom. The third kappa shape index (κ3) is 2.13. The Hall–Kier alpha value is -1.85. The van der Waals surface area contributed by atoms with Gasteiger partial charge in [0.2, 0.25) is 0 Å². The second kappa shape index (κ2) is 4.86. The van der Waals surface area contributed by atoms with Crippen molar-refractivity contribution in [2.45, 2.75) is 6.92 Å². The highest BCUT2D eigenvalue weighted by atomic mass is 35.5. The quantitative estimate of drug-likeness (QED) is 0.749. The molecule has 0 aliphatic carbocycles. The van der Waals surface area contributed by atoms with Gasteiger partial charge in [0.05, 0.1) is 16.7 Å². The van der Waals surface area contributed by atoms with E-state index in [9.17, 15) is 0 Å². The fourth-order valence-electron chi connectivity index (χ4n) is 2.88. The predicted molar refractivity (Wildman–Crippen MR) is 85.3 cm³/mol. The van der Waals surface area contributed by atoms with Crippen molar-refractivity contribution in [3.63, 3.8) is 0 Å². The minimum absolute atomic E-state index is 0.715. The summed E-state index contributed by atoms with van der Waals surface area (Å²) in [5, 5.41) is 4.08. The number of hydrogen-bond donors (Lipinski definition) is 1. The van der Waals surface area contributed by atoms with Gasteiger partial charge < -0.3 is 10.2 Å². The summed E-state index contributed by atoms with van der Waals surface area (Å²) in [7, 11) is 0. The Kier molecular flexibility index (Phi) is 2.97. The summed E-state index contributed by atoms with van der Waals surface area (Å²) >= 11 is 6.13. The SMILES string of the molecule is Cc1cn2c(n1)c(N1CCNCC1)nc1ccc(Cl)cc12. The van der Waals surface area contributed by atoms with Crippen molar-refractivity contribution in [3.8, 4) is 0 Å². The molecular formula is C15H16ClN5. The number of nitrogens with zero attached hydrogens (tertiary/aromatic N) is 4. The minimum Gasteiger partial charge on any atom is -0.351 e. The Morgan fingerprint density at radius 2 is 2.00 bits per heavy atom. The van der Waals surface area contributed by atoms with Crippen LogP contribution in [-0.4, -0.2) is 40.5 Å². The Bertz CT molecular complexity index is 820. The Morgan fingerprint density at radius 1 is 1.19 bits per heavy atom. The Balaban J connectivity index is 2.02. The van der Waals surface area contributed by atoms with E-state index in [-0.39, 0.29) is 0 Å². The molecule has 5 nitrogen and oxygen atoms in total. The standard InChI is InChI=1S/C15H16ClN5/c1-10-9-21-13-8-11(16)2-3-12(13)19-14(15(21)18-10)20-6-4-17-5-7-20/h2-3,8-9,17H,4-7H2,1H3. The highest BCUT2D eigenvalue weighted by molar-refractivity contribution is 6.31. The summed E-state index contributed by atoms with van der Waals surface area (Å²) in [5.41, 5.74) is 3.83. The zero-order chi connectivity index (χ0) is 14.4. The van der Waals surface area contributed by atoms with Crippen LogP contribution in [0.3, 0.4) is 0 Å². The number of fused-ring (bicyclic) bond motifs is 3. The maximum Gasteiger partial charge on any atom is 0.181 e. The van der Waals surface area contributed by atoms with Gasteiger partial charge in [-0.25, -0.2) is 9.97 Å². The number of benzene rings is 1. The van der Waals surface area contributed by atoms with Crippen LogP contribution in [0.4, 0.5) is 5.82 Å². The summed E-state index contributed by atoms with van der Waals surface area (Å²) in [5.74, 6) is 0.958. The first-order valence-electron chi connectivity index (χ1n) is 7.13.